The number of allylic oxidation sites excluding steroid dienone is 1. The van der Waals surface area contributed by atoms with Gasteiger partial charge in [0.15, 0.2) is 0 Å². The van der Waals surface area contributed by atoms with Crippen LogP contribution in [-0.2, 0) is 4.79 Å². The number of aliphatic imine (C=N–C) groups is 2. The molecule has 0 unspecified atom stereocenters. The molecule has 0 aliphatic heterocycles. The monoisotopic (exact) mass is 290 g/mol. The van der Waals surface area contributed by atoms with Gasteiger partial charge >= 0.3 is 12.1 Å². The third kappa shape index (κ3) is 3.46. The Hall–Kier alpha value is -1.66. The Morgan fingerprint density at radius 2 is 2.00 bits per heavy atom. The van der Waals surface area contributed by atoms with Crippen LogP contribution in [0.4, 0.5) is 13.2 Å². The van der Waals surface area contributed by atoms with E-state index in [-0.39, 0.29) is 12.8 Å². The van der Waals surface area contributed by atoms with E-state index in [9.17, 15) is 18.0 Å². The van der Waals surface area contributed by atoms with Gasteiger partial charge in [-0.25, -0.2) is 9.98 Å². The van der Waals surface area contributed by atoms with Crippen molar-refractivity contribution in [2.45, 2.75) is 39.3 Å². The molecular weight excluding hydrogens is 273 g/mol. The van der Waals surface area contributed by atoms with Gasteiger partial charge in [-0.15, -0.1) is 0 Å². The second kappa shape index (κ2) is 5.76. The van der Waals surface area contributed by atoms with Crippen molar-refractivity contribution in [3.05, 3.63) is 11.8 Å². The lowest BCUT2D eigenvalue weighted by Gasteiger charge is -2.28. The first-order valence-electron chi connectivity index (χ1n) is 6.10. The van der Waals surface area contributed by atoms with E-state index < -0.39 is 29.9 Å². The molecule has 0 saturated heterocycles. The van der Waals surface area contributed by atoms with Gasteiger partial charge in [-0.3, -0.25) is 4.79 Å². The van der Waals surface area contributed by atoms with Gasteiger partial charge in [0, 0.05) is 12.1 Å². The van der Waals surface area contributed by atoms with Crippen molar-refractivity contribution >= 4 is 18.5 Å². The van der Waals surface area contributed by atoms with E-state index in [1.54, 1.807) is 6.92 Å². The van der Waals surface area contributed by atoms with Crippen LogP contribution in [0.25, 0.3) is 0 Å². The summed E-state index contributed by atoms with van der Waals surface area (Å²) in [7, 11) is 0. The number of alkyl halides is 3. The van der Waals surface area contributed by atoms with Gasteiger partial charge in [0.2, 0.25) is 0 Å². The molecule has 112 valence electrons. The van der Waals surface area contributed by atoms with Crippen LogP contribution in [0.1, 0.15) is 33.1 Å². The summed E-state index contributed by atoms with van der Waals surface area (Å²) in [6.45, 7) is 6.27. The Morgan fingerprint density at radius 3 is 2.35 bits per heavy atom. The van der Waals surface area contributed by atoms with Crippen molar-refractivity contribution in [1.82, 2.24) is 0 Å². The minimum atomic E-state index is -4.41. The van der Waals surface area contributed by atoms with Crippen LogP contribution in [0, 0.1) is 11.3 Å². The first-order valence-corrected chi connectivity index (χ1v) is 6.10. The molecule has 0 heterocycles. The predicted octanol–water partition coefficient (Wildman–Crippen LogP) is 3.44. The van der Waals surface area contributed by atoms with Crippen LogP contribution in [0.3, 0.4) is 0 Å². The first kappa shape index (κ1) is 16.4. The normalized spacial score (nSPS) is 20.4. The van der Waals surface area contributed by atoms with Gasteiger partial charge in [-0.2, -0.15) is 13.2 Å². The molecule has 0 spiro atoms. The summed E-state index contributed by atoms with van der Waals surface area (Å²) in [5.74, 6) is -2.03. The zero-order valence-electron chi connectivity index (χ0n) is 11.4. The third-order valence-corrected chi connectivity index (χ3v) is 3.63. The van der Waals surface area contributed by atoms with Crippen LogP contribution in [0.5, 0.6) is 0 Å². The maximum atomic E-state index is 13.1. The molecule has 4 nitrogen and oxygen atoms in total. The quantitative estimate of drug-likeness (QED) is 0.622. The number of carboxylic acid groups (broad SMARTS) is 1. The zero-order valence-corrected chi connectivity index (χ0v) is 11.4. The molecule has 7 heteroatoms. The number of hydrogen-bond acceptors (Lipinski definition) is 2. The van der Waals surface area contributed by atoms with Crippen LogP contribution < -0.4 is 0 Å². The molecule has 1 saturated carbocycles. The summed E-state index contributed by atoms with van der Waals surface area (Å²) in [5, 5.41) is 8.85. The van der Waals surface area contributed by atoms with Gasteiger partial charge in [-0.1, -0.05) is 5.57 Å². The van der Waals surface area contributed by atoms with E-state index in [0.717, 1.165) is 0 Å². The van der Waals surface area contributed by atoms with Gasteiger partial charge < -0.3 is 5.11 Å². The topological polar surface area (TPSA) is 62.0 Å². The van der Waals surface area contributed by atoms with E-state index in [1.165, 1.54) is 13.1 Å². The van der Waals surface area contributed by atoms with Crippen molar-refractivity contribution in [2.24, 2.45) is 21.3 Å². The number of carbonyl (C=O) groups is 1. The van der Waals surface area contributed by atoms with Crippen molar-refractivity contribution in [3.8, 4) is 0 Å². The van der Waals surface area contributed by atoms with Crippen LogP contribution >= 0.6 is 0 Å². The molecule has 1 N–H and O–H groups in total. The molecular formula is C13H17F3N2O2. The molecule has 0 bridgehead atoms. The molecule has 0 aromatic heterocycles. The highest BCUT2D eigenvalue weighted by Gasteiger charge is 2.67. The fourth-order valence-electron chi connectivity index (χ4n) is 2.26. The molecule has 0 aromatic rings. The van der Waals surface area contributed by atoms with Gasteiger partial charge in [0.25, 0.3) is 0 Å². The van der Waals surface area contributed by atoms with Crippen LogP contribution in [0.2, 0.25) is 0 Å². The molecule has 1 aliphatic carbocycles. The molecule has 0 amide bonds. The highest BCUT2D eigenvalue weighted by Crippen LogP contribution is 2.64. The third-order valence-electron chi connectivity index (χ3n) is 3.63. The molecule has 1 atom stereocenters. The highest BCUT2D eigenvalue weighted by molar-refractivity contribution is 5.84. The van der Waals surface area contributed by atoms with Gasteiger partial charge in [0.1, 0.15) is 5.84 Å². The summed E-state index contributed by atoms with van der Waals surface area (Å²) in [5.41, 5.74) is -1.62. The standard InChI is InChI=1S/C13H17F3N2O2/c1-8(7-18-9(2)17-3)10(6-11(19)20)12(4-5-12)13(14,15)16/h7,10H,3-6H2,1-2H3,(H,19,20)/b8-7+,18-9?/t10-/m1/s1. The summed E-state index contributed by atoms with van der Waals surface area (Å²) < 4.78 is 39.4. The molecule has 1 aliphatic rings. The number of rotatable bonds is 5. The minimum Gasteiger partial charge on any atom is -0.481 e. The highest BCUT2D eigenvalue weighted by atomic mass is 19.4. The van der Waals surface area contributed by atoms with Gasteiger partial charge in [0.05, 0.1) is 11.8 Å². The average Bonchev–Trinajstić information content (AvgIpc) is 3.12. The van der Waals surface area contributed by atoms with Crippen molar-refractivity contribution in [1.29, 1.82) is 0 Å². The maximum absolute atomic E-state index is 13.1. The molecule has 0 radical (unpaired) electrons. The Morgan fingerprint density at radius 1 is 1.45 bits per heavy atom. The number of aliphatic carboxylic acids is 1. The fourth-order valence-corrected chi connectivity index (χ4v) is 2.26. The van der Waals surface area contributed by atoms with E-state index in [4.69, 9.17) is 5.11 Å². The average molecular weight is 290 g/mol. The smallest absolute Gasteiger partial charge is 0.395 e. The van der Waals surface area contributed by atoms with Crippen LogP contribution in [0.15, 0.2) is 21.8 Å². The Kier molecular flexibility index (Phi) is 4.73. The predicted molar refractivity (Wildman–Crippen MR) is 69.9 cm³/mol. The lowest BCUT2D eigenvalue weighted by atomic mass is 9.81. The van der Waals surface area contributed by atoms with Gasteiger partial charge in [-0.05, 0) is 33.4 Å². The number of nitrogens with zero attached hydrogens (tertiary/aromatic N) is 2. The Labute approximate surface area is 115 Å². The molecule has 0 aromatic carbocycles. The largest absolute Gasteiger partial charge is 0.481 e. The maximum Gasteiger partial charge on any atom is 0.395 e. The first-order chi connectivity index (χ1) is 9.14. The number of carboxylic acids is 1. The molecule has 1 rings (SSSR count). The van der Waals surface area contributed by atoms with Crippen molar-refractivity contribution in [2.75, 3.05) is 0 Å². The second-order valence-corrected chi connectivity index (χ2v) is 5.01. The van der Waals surface area contributed by atoms with E-state index >= 15 is 0 Å². The summed E-state index contributed by atoms with van der Waals surface area (Å²) >= 11 is 0. The second-order valence-electron chi connectivity index (χ2n) is 5.01. The SMILES string of the molecule is C=NC(C)=N/C=C(\C)[C@@H](CC(=O)O)C1(C(F)(F)F)CC1. The number of amidine groups is 1. The van der Waals surface area contributed by atoms with E-state index in [1.807, 2.05) is 0 Å². The number of hydrogen-bond donors (Lipinski definition) is 1. The minimum absolute atomic E-state index is 0.0397. The molecule has 1 fully saturated rings. The Bertz CT molecular complexity index is 463. The summed E-state index contributed by atoms with van der Waals surface area (Å²) in [6, 6.07) is 0. The summed E-state index contributed by atoms with van der Waals surface area (Å²) in [4.78, 5) is 18.2. The lowest BCUT2D eigenvalue weighted by Crippen LogP contribution is -2.34. The molecule has 20 heavy (non-hydrogen) atoms. The van der Waals surface area contributed by atoms with E-state index in [2.05, 4.69) is 16.7 Å². The van der Waals surface area contributed by atoms with Crippen molar-refractivity contribution < 1.29 is 23.1 Å². The van der Waals surface area contributed by atoms with E-state index in [0.29, 0.717) is 11.4 Å². The Balaban J connectivity index is 3.08. The fraction of sp³-hybridized carbons (Fsp3) is 0.615. The van der Waals surface area contributed by atoms with Crippen LogP contribution in [-0.4, -0.2) is 29.8 Å². The zero-order chi connectivity index (χ0) is 15.6. The lowest BCUT2D eigenvalue weighted by molar-refractivity contribution is -0.200. The number of halogens is 3. The summed E-state index contributed by atoms with van der Waals surface area (Å²) in [6.07, 6.45) is -3.79. The van der Waals surface area contributed by atoms with Crippen molar-refractivity contribution in [3.63, 3.8) is 0 Å².